The lowest BCUT2D eigenvalue weighted by molar-refractivity contribution is 0.141. The van der Waals surface area contributed by atoms with Crippen LogP contribution in [0.1, 0.15) is 31.9 Å². The number of hydrogen-bond donors (Lipinski definition) is 1. The van der Waals surface area contributed by atoms with Gasteiger partial charge >= 0.3 is 0 Å². The lowest BCUT2D eigenvalue weighted by Crippen LogP contribution is -2.43. The zero-order chi connectivity index (χ0) is 11.4. The molecule has 1 aliphatic heterocycles. The van der Waals surface area contributed by atoms with E-state index in [2.05, 4.69) is 21.4 Å². The number of nitrogens with two attached hydrogens (primary N) is 1. The van der Waals surface area contributed by atoms with Crippen molar-refractivity contribution in [2.45, 2.75) is 45.3 Å². The highest BCUT2D eigenvalue weighted by Gasteiger charge is 2.21. The third kappa shape index (κ3) is 2.44. The first-order valence-electron chi connectivity index (χ1n) is 6.28. The average molecular weight is 222 g/mol. The van der Waals surface area contributed by atoms with Gasteiger partial charge in [0.25, 0.3) is 0 Å². The monoisotopic (exact) mass is 222 g/mol. The molecule has 0 bridgehead atoms. The molecular formula is C12H22N4. The molecular weight excluding hydrogens is 200 g/mol. The van der Waals surface area contributed by atoms with Crippen molar-refractivity contribution in [3.8, 4) is 0 Å². The van der Waals surface area contributed by atoms with Crippen LogP contribution in [0.15, 0.2) is 12.5 Å². The van der Waals surface area contributed by atoms with Gasteiger partial charge in [0.1, 0.15) is 0 Å². The van der Waals surface area contributed by atoms with Crippen LogP contribution in [0.25, 0.3) is 0 Å². The van der Waals surface area contributed by atoms with Gasteiger partial charge in [-0.1, -0.05) is 6.42 Å². The Morgan fingerprint density at radius 1 is 1.50 bits per heavy atom. The van der Waals surface area contributed by atoms with Gasteiger partial charge in [0.05, 0.1) is 12.0 Å². The molecule has 1 aliphatic rings. The molecule has 0 radical (unpaired) electrons. The summed E-state index contributed by atoms with van der Waals surface area (Å²) in [5, 5.41) is 0. The third-order valence-corrected chi connectivity index (χ3v) is 3.53. The summed E-state index contributed by atoms with van der Waals surface area (Å²) in [4.78, 5) is 6.72. The highest BCUT2D eigenvalue weighted by atomic mass is 15.2. The number of aromatic nitrogens is 2. The Hall–Kier alpha value is -0.870. The van der Waals surface area contributed by atoms with Gasteiger partial charge < -0.3 is 10.3 Å². The molecule has 2 heterocycles. The van der Waals surface area contributed by atoms with E-state index in [0.29, 0.717) is 6.04 Å². The van der Waals surface area contributed by atoms with Gasteiger partial charge in [-0.25, -0.2) is 4.98 Å². The molecule has 2 N–H and O–H groups in total. The molecule has 1 atom stereocenters. The van der Waals surface area contributed by atoms with Crippen molar-refractivity contribution < 1.29 is 0 Å². The van der Waals surface area contributed by atoms with Crippen LogP contribution in [0.3, 0.4) is 0 Å². The fourth-order valence-electron chi connectivity index (χ4n) is 2.51. The van der Waals surface area contributed by atoms with Crippen LogP contribution >= 0.6 is 0 Å². The summed E-state index contributed by atoms with van der Waals surface area (Å²) in [6, 6.07) is 0.564. The predicted octanol–water partition coefficient (Wildman–Crippen LogP) is 1.22. The minimum absolute atomic E-state index is 0.564. The van der Waals surface area contributed by atoms with E-state index in [1.54, 1.807) is 0 Å². The van der Waals surface area contributed by atoms with Gasteiger partial charge in [-0.3, -0.25) is 4.90 Å². The van der Waals surface area contributed by atoms with E-state index in [0.717, 1.165) is 19.6 Å². The van der Waals surface area contributed by atoms with E-state index in [9.17, 15) is 0 Å². The lowest BCUT2D eigenvalue weighted by Gasteiger charge is -2.34. The molecule has 0 aromatic carbocycles. The van der Waals surface area contributed by atoms with Crippen molar-refractivity contribution in [2.24, 2.45) is 5.73 Å². The quantitative estimate of drug-likeness (QED) is 0.833. The maximum atomic E-state index is 5.83. The molecule has 1 fully saturated rings. The van der Waals surface area contributed by atoms with Gasteiger partial charge in [0, 0.05) is 31.9 Å². The summed E-state index contributed by atoms with van der Waals surface area (Å²) >= 11 is 0. The van der Waals surface area contributed by atoms with Crippen LogP contribution < -0.4 is 5.73 Å². The van der Waals surface area contributed by atoms with Crippen LogP contribution in [0, 0.1) is 0 Å². The zero-order valence-corrected chi connectivity index (χ0v) is 10.1. The lowest BCUT2D eigenvalue weighted by atomic mass is 10.0. The second kappa shape index (κ2) is 5.46. The topological polar surface area (TPSA) is 47.1 Å². The van der Waals surface area contributed by atoms with Crippen molar-refractivity contribution in [1.82, 2.24) is 14.5 Å². The molecule has 16 heavy (non-hydrogen) atoms. The normalized spacial score (nSPS) is 22.5. The first-order chi connectivity index (χ1) is 7.85. The predicted molar refractivity (Wildman–Crippen MR) is 65.0 cm³/mol. The smallest absolute Gasteiger partial charge is 0.0948 e. The molecule has 2 rings (SSSR count). The number of likely N-dealkylation sites (tertiary alicyclic amines) is 1. The number of imidazole rings is 1. The maximum absolute atomic E-state index is 5.83. The second-order valence-electron chi connectivity index (χ2n) is 4.53. The van der Waals surface area contributed by atoms with Crippen molar-refractivity contribution in [3.05, 3.63) is 18.2 Å². The van der Waals surface area contributed by atoms with Crippen molar-refractivity contribution in [2.75, 3.05) is 13.1 Å². The number of piperidine rings is 1. The summed E-state index contributed by atoms with van der Waals surface area (Å²) in [7, 11) is 0. The van der Waals surface area contributed by atoms with Gasteiger partial charge in [0.2, 0.25) is 0 Å². The van der Waals surface area contributed by atoms with Crippen LogP contribution in [-0.4, -0.2) is 33.6 Å². The van der Waals surface area contributed by atoms with E-state index in [4.69, 9.17) is 5.73 Å². The molecule has 90 valence electrons. The molecule has 1 aromatic rings. The SMILES string of the molecule is CCn1cncc1CN1CCCCC1CN. The molecule has 0 amide bonds. The summed E-state index contributed by atoms with van der Waals surface area (Å²) in [5.74, 6) is 0. The molecule has 0 spiro atoms. The number of hydrogen-bond acceptors (Lipinski definition) is 3. The summed E-state index contributed by atoms with van der Waals surface area (Å²) in [6.07, 6.45) is 7.77. The minimum Gasteiger partial charge on any atom is -0.334 e. The molecule has 1 saturated heterocycles. The number of aryl methyl sites for hydroxylation is 1. The fraction of sp³-hybridized carbons (Fsp3) is 0.750. The molecule has 0 aliphatic carbocycles. The molecule has 4 heteroatoms. The first kappa shape index (κ1) is 11.6. The fourth-order valence-corrected chi connectivity index (χ4v) is 2.51. The zero-order valence-electron chi connectivity index (χ0n) is 10.1. The molecule has 1 unspecified atom stereocenters. The number of rotatable bonds is 4. The molecule has 0 saturated carbocycles. The van der Waals surface area contributed by atoms with E-state index < -0.39 is 0 Å². The number of nitrogens with zero attached hydrogens (tertiary/aromatic N) is 3. The van der Waals surface area contributed by atoms with E-state index in [-0.39, 0.29) is 0 Å². The maximum Gasteiger partial charge on any atom is 0.0948 e. The Bertz CT molecular complexity index is 321. The molecule has 4 nitrogen and oxygen atoms in total. The van der Waals surface area contributed by atoms with Gasteiger partial charge in [-0.2, -0.15) is 0 Å². The highest BCUT2D eigenvalue weighted by Crippen LogP contribution is 2.18. The average Bonchev–Trinajstić information content (AvgIpc) is 2.77. The van der Waals surface area contributed by atoms with Gasteiger partial charge in [-0.05, 0) is 26.3 Å². The Kier molecular flexibility index (Phi) is 3.96. The first-order valence-corrected chi connectivity index (χ1v) is 6.28. The standard InChI is InChI=1S/C12H22N4/c1-2-15-10-14-8-12(15)9-16-6-4-3-5-11(16)7-13/h8,10-11H,2-7,9,13H2,1H3. The van der Waals surface area contributed by atoms with Crippen molar-refractivity contribution in [1.29, 1.82) is 0 Å². The van der Waals surface area contributed by atoms with E-state index in [1.165, 1.54) is 31.5 Å². The van der Waals surface area contributed by atoms with Crippen LogP contribution in [0.2, 0.25) is 0 Å². The van der Waals surface area contributed by atoms with E-state index in [1.807, 2.05) is 12.5 Å². The van der Waals surface area contributed by atoms with Crippen LogP contribution in [-0.2, 0) is 13.1 Å². The van der Waals surface area contributed by atoms with Crippen LogP contribution in [0.4, 0.5) is 0 Å². The third-order valence-electron chi connectivity index (χ3n) is 3.53. The Morgan fingerprint density at radius 3 is 3.12 bits per heavy atom. The second-order valence-corrected chi connectivity index (χ2v) is 4.53. The summed E-state index contributed by atoms with van der Waals surface area (Å²) in [6.45, 7) is 6.10. The Balaban J connectivity index is 2.02. The Morgan fingerprint density at radius 2 is 2.38 bits per heavy atom. The van der Waals surface area contributed by atoms with Crippen molar-refractivity contribution in [3.63, 3.8) is 0 Å². The summed E-state index contributed by atoms with van der Waals surface area (Å²) in [5.41, 5.74) is 7.14. The highest BCUT2D eigenvalue weighted by molar-refractivity contribution is 4.99. The minimum atomic E-state index is 0.564. The van der Waals surface area contributed by atoms with Gasteiger partial charge in [0.15, 0.2) is 0 Å². The van der Waals surface area contributed by atoms with Crippen molar-refractivity contribution >= 4 is 0 Å². The van der Waals surface area contributed by atoms with Crippen LogP contribution in [0.5, 0.6) is 0 Å². The van der Waals surface area contributed by atoms with Gasteiger partial charge in [-0.15, -0.1) is 0 Å². The van der Waals surface area contributed by atoms with E-state index >= 15 is 0 Å². The summed E-state index contributed by atoms with van der Waals surface area (Å²) < 4.78 is 2.21. The largest absolute Gasteiger partial charge is 0.334 e. The Labute approximate surface area is 97.4 Å². The molecule has 1 aromatic heterocycles.